The summed E-state index contributed by atoms with van der Waals surface area (Å²) in [5.74, 6) is 0.0974. The van der Waals surface area contributed by atoms with Crippen LogP contribution in [0.15, 0.2) is 146 Å². The van der Waals surface area contributed by atoms with E-state index < -0.39 is 0 Å². The van der Waals surface area contributed by atoms with Crippen molar-refractivity contribution in [2.24, 2.45) is 0 Å². The highest BCUT2D eigenvalue weighted by Crippen LogP contribution is 2.56. The average Bonchev–Trinajstić information content (AvgIpc) is 3.82. The van der Waals surface area contributed by atoms with E-state index >= 15 is 0 Å². The highest BCUT2D eigenvalue weighted by atomic mass is 15.6. The first-order valence-electron chi connectivity index (χ1n) is 17.5. The van der Waals surface area contributed by atoms with Crippen LogP contribution in [-0.4, -0.2) is 20.0 Å². The summed E-state index contributed by atoms with van der Waals surface area (Å²) in [6.45, 7) is 2.31. The van der Waals surface area contributed by atoms with E-state index in [0.717, 1.165) is 20.0 Å². The molecule has 6 aliphatic heterocycles. The van der Waals surface area contributed by atoms with Crippen LogP contribution in [0.4, 0.5) is 34.1 Å². The molecule has 0 saturated heterocycles. The van der Waals surface area contributed by atoms with Gasteiger partial charge in [0.15, 0.2) is 0 Å². The molecular weight excluding hydrogens is 601 g/mol. The molecule has 0 radical (unpaired) electrons. The number of hydrogen-bond acceptors (Lipinski definition) is 6. The van der Waals surface area contributed by atoms with Gasteiger partial charge in [0.2, 0.25) is 0 Å². The Kier molecular flexibility index (Phi) is 5.00. The summed E-state index contributed by atoms with van der Waals surface area (Å²) in [4.78, 5) is 16.0. The normalized spacial score (nSPS) is 23.0. The van der Waals surface area contributed by atoms with Crippen LogP contribution in [0.2, 0.25) is 0 Å². The molecule has 6 heteroatoms. The van der Waals surface area contributed by atoms with Gasteiger partial charge >= 0.3 is 0 Å². The van der Waals surface area contributed by atoms with Crippen LogP contribution in [0.3, 0.4) is 0 Å². The molecule has 0 amide bonds. The Morgan fingerprint density at radius 2 is 0.531 bits per heavy atom. The topological polar surface area (TPSA) is 19.4 Å². The number of para-hydroxylation sites is 6. The van der Waals surface area contributed by atoms with E-state index in [1.54, 1.807) is 0 Å². The summed E-state index contributed by atoms with van der Waals surface area (Å²) in [5, 5.41) is 0. The zero-order chi connectivity index (χ0) is 31.8. The van der Waals surface area contributed by atoms with Crippen molar-refractivity contribution < 1.29 is 0 Å². The second kappa shape index (κ2) is 9.38. The van der Waals surface area contributed by atoms with E-state index in [9.17, 15) is 0 Å². The molecule has 0 aliphatic carbocycles. The molecule has 0 N–H and O–H groups in total. The molecule has 6 heterocycles. The van der Waals surface area contributed by atoms with Gasteiger partial charge in [-0.3, -0.25) is 0 Å². The van der Waals surface area contributed by atoms with Gasteiger partial charge in [-0.1, -0.05) is 109 Å². The van der Waals surface area contributed by atoms with E-state index in [1.165, 1.54) is 67.5 Å². The molecule has 49 heavy (non-hydrogen) atoms. The molecule has 16 bridgehead atoms. The Labute approximate surface area is 286 Å². The predicted molar refractivity (Wildman–Crippen MR) is 197 cm³/mol. The number of nitrogens with zero attached hydrogens (tertiary/aromatic N) is 6. The zero-order valence-corrected chi connectivity index (χ0v) is 27.0. The first-order valence-corrected chi connectivity index (χ1v) is 17.5. The molecule has 0 spiro atoms. The Morgan fingerprint density at radius 3 is 0.796 bits per heavy atom. The molecule has 0 atom stereocenters. The van der Waals surface area contributed by atoms with Crippen LogP contribution in [0.5, 0.6) is 0 Å². The Bertz CT molecular complexity index is 1990. The van der Waals surface area contributed by atoms with Crippen LogP contribution in [0.1, 0.15) is 57.8 Å². The smallest absolute Gasteiger partial charge is 0.131 e. The second-order valence-electron chi connectivity index (χ2n) is 14.3. The van der Waals surface area contributed by atoms with Gasteiger partial charge in [0.1, 0.15) is 18.5 Å². The van der Waals surface area contributed by atoms with Crippen molar-refractivity contribution in [3.8, 4) is 0 Å². The molecule has 0 saturated carbocycles. The quantitative estimate of drug-likeness (QED) is 0.165. The van der Waals surface area contributed by atoms with E-state index in [2.05, 4.69) is 175 Å². The summed E-state index contributed by atoms with van der Waals surface area (Å²) in [6, 6.07) is 55.8. The first-order chi connectivity index (χ1) is 24.3. The summed E-state index contributed by atoms with van der Waals surface area (Å²) >= 11 is 0. The van der Waals surface area contributed by atoms with Gasteiger partial charge in [-0.25, -0.2) is 0 Å². The highest BCUT2D eigenvalue weighted by molar-refractivity contribution is 5.86. The third-order valence-corrected chi connectivity index (χ3v) is 11.8. The van der Waals surface area contributed by atoms with Crippen molar-refractivity contribution in [3.63, 3.8) is 0 Å². The van der Waals surface area contributed by atoms with Gasteiger partial charge in [0.05, 0.1) is 54.1 Å². The average molecular weight is 635 g/mol. The van der Waals surface area contributed by atoms with Crippen LogP contribution >= 0.6 is 0 Å². The van der Waals surface area contributed by atoms with Crippen LogP contribution < -0.4 is 29.4 Å². The number of rotatable bonds is 0. The third kappa shape index (κ3) is 3.40. The minimum absolute atomic E-state index is 0.0146. The molecular formula is C43H34N6. The van der Waals surface area contributed by atoms with Gasteiger partial charge < -0.3 is 29.4 Å². The predicted octanol–water partition coefficient (Wildman–Crippen LogP) is 8.76. The number of benzene rings is 6. The summed E-state index contributed by atoms with van der Waals surface area (Å²) in [5.41, 5.74) is 15.7. The van der Waals surface area contributed by atoms with Crippen molar-refractivity contribution in [2.75, 3.05) is 49.4 Å². The van der Waals surface area contributed by atoms with Crippen molar-refractivity contribution >= 4 is 34.1 Å². The lowest BCUT2D eigenvalue weighted by molar-refractivity contribution is 0.499. The zero-order valence-electron chi connectivity index (χ0n) is 27.0. The molecule has 0 unspecified atom stereocenters. The lowest BCUT2D eigenvalue weighted by atomic mass is 9.82. The summed E-state index contributed by atoms with van der Waals surface area (Å²) in [6.07, 6.45) is -0.0439. The largest absolute Gasteiger partial charge is 0.327 e. The first kappa shape index (κ1) is 26.1. The SMILES string of the molecule is c1cc2cc(c1)C1N3CN(c4ccccc43)C3c4cccc(c4)C2c2cccc(c2)C(N2CN1c1ccccc12)N1CN3c2ccccc21. The van der Waals surface area contributed by atoms with Gasteiger partial charge in [0, 0.05) is 5.92 Å². The maximum atomic E-state index is 2.67. The standard InChI is InChI=1S/C43H34N6/c1-2-17-35-34(16-1)44-25-45(35)42-32-14-8-11-29(23-32)40-28-10-7-13-31(22-28)41(44)46-26-48(37-19-4-3-18-36(37)46)43(33-15-9-12-30(40)24-33)49-27-47(42)38-20-5-6-21-39(38)49/h1-24,40-43H,25-27H2. The Hall–Kier alpha value is -5.88. The Balaban J connectivity index is 1.29. The van der Waals surface area contributed by atoms with Gasteiger partial charge in [0.25, 0.3) is 0 Å². The molecule has 6 nitrogen and oxygen atoms in total. The molecule has 236 valence electrons. The highest BCUT2D eigenvalue weighted by Gasteiger charge is 2.49. The minimum atomic E-state index is -0.0146. The fourth-order valence-electron chi connectivity index (χ4n) is 9.91. The second-order valence-corrected chi connectivity index (χ2v) is 14.3. The molecule has 0 aromatic heterocycles. The Morgan fingerprint density at radius 1 is 0.286 bits per heavy atom. The third-order valence-electron chi connectivity index (χ3n) is 11.8. The van der Waals surface area contributed by atoms with Crippen LogP contribution in [0, 0.1) is 0 Å². The van der Waals surface area contributed by atoms with E-state index in [4.69, 9.17) is 0 Å². The number of hydrogen-bond donors (Lipinski definition) is 0. The van der Waals surface area contributed by atoms with Crippen molar-refractivity contribution in [3.05, 3.63) is 179 Å². The van der Waals surface area contributed by atoms with Crippen LogP contribution in [0.25, 0.3) is 0 Å². The summed E-state index contributed by atoms with van der Waals surface area (Å²) < 4.78 is 0. The van der Waals surface area contributed by atoms with Crippen molar-refractivity contribution in [1.29, 1.82) is 0 Å². The molecule has 12 rings (SSSR count). The van der Waals surface area contributed by atoms with Gasteiger partial charge in [-0.15, -0.1) is 0 Å². The van der Waals surface area contributed by atoms with Gasteiger partial charge in [-0.05, 0) is 69.8 Å². The maximum absolute atomic E-state index is 2.67. The monoisotopic (exact) mass is 634 g/mol. The lowest BCUT2D eigenvalue weighted by Crippen LogP contribution is -2.52. The molecule has 6 aliphatic rings. The minimum Gasteiger partial charge on any atom is -0.327 e. The fraction of sp³-hybridized carbons (Fsp3) is 0.163. The van der Waals surface area contributed by atoms with E-state index in [0.29, 0.717) is 0 Å². The van der Waals surface area contributed by atoms with Crippen molar-refractivity contribution in [2.45, 2.75) is 24.4 Å². The van der Waals surface area contributed by atoms with Crippen molar-refractivity contribution in [1.82, 2.24) is 0 Å². The number of anilines is 6. The lowest BCUT2D eigenvalue weighted by Gasteiger charge is -2.45. The van der Waals surface area contributed by atoms with Crippen LogP contribution in [-0.2, 0) is 0 Å². The molecule has 0 fully saturated rings. The molecule has 6 aromatic rings. The number of fused-ring (bicyclic) bond motifs is 21. The fourth-order valence-corrected chi connectivity index (χ4v) is 9.91. The summed E-state index contributed by atoms with van der Waals surface area (Å²) in [7, 11) is 0. The van der Waals surface area contributed by atoms with E-state index in [-0.39, 0.29) is 24.4 Å². The molecule has 6 aromatic carbocycles. The van der Waals surface area contributed by atoms with Gasteiger partial charge in [-0.2, -0.15) is 0 Å². The van der Waals surface area contributed by atoms with E-state index in [1.807, 2.05) is 0 Å². The maximum Gasteiger partial charge on any atom is 0.131 e.